The van der Waals surface area contributed by atoms with Crippen LogP contribution in [0.25, 0.3) is 0 Å². The van der Waals surface area contributed by atoms with Crippen LogP contribution < -0.4 is 0 Å². The van der Waals surface area contributed by atoms with E-state index < -0.39 is 0 Å². The maximum Gasteiger partial charge on any atom is 0.0591 e. The molecule has 0 amide bonds. The first-order valence-electron chi connectivity index (χ1n) is 6.94. The van der Waals surface area contributed by atoms with E-state index in [4.69, 9.17) is 0 Å². The van der Waals surface area contributed by atoms with Crippen molar-refractivity contribution < 1.29 is 10.2 Å². The Morgan fingerprint density at radius 1 is 0.750 bits per heavy atom. The lowest BCUT2D eigenvalue weighted by Crippen LogP contribution is -2.38. The van der Waals surface area contributed by atoms with Gasteiger partial charge >= 0.3 is 0 Å². The van der Waals surface area contributed by atoms with E-state index in [1.807, 2.05) is 0 Å². The summed E-state index contributed by atoms with van der Waals surface area (Å²) in [5, 5.41) is 19.5. The molecule has 2 fully saturated rings. The highest BCUT2D eigenvalue weighted by Gasteiger charge is 2.36. The van der Waals surface area contributed by atoms with Crippen molar-refractivity contribution in [3.05, 3.63) is 0 Å². The fourth-order valence-corrected chi connectivity index (χ4v) is 3.85. The molecule has 0 bridgehead atoms. The van der Waals surface area contributed by atoms with Gasteiger partial charge in [-0.05, 0) is 62.2 Å². The van der Waals surface area contributed by atoms with Gasteiger partial charge in [-0.2, -0.15) is 0 Å². The smallest absolute Gasteiger partial charge is 0.0591 e. The summed E-state index contributed by atoms with van der Waals surface area (Å²) in [5.41, 5.74) is 0. The van der Waals surface area contributed by atoms with Crippen molar-refractivity contribution in [3.8, 4) is 0 Å². The maximum atomic E-state index is 9.96. The molecule has 94 valence electrons. The highest BCUT2D eigenvalue weighted by Crippen LogP contribution is 2.42. The second kappa shape index (κ2) is 5.05. The zero-order valence-electron chi connectivity index (χ0n) is 10.6. The maximum absolute atomic E-state index is 9.96. The van der Waals surface area contributed by atoms with Gasteiger partial charge in [0.2, 0.25) is 0 Å². The Morgan fingerprint density at radius 2 is 1.25 bits per heavy atom. The fourth-order valence-electron chi connectivity index (χ4n) is 3.85. The molecule has 2 N–H and O–H groups in total. The van der Waals surface area contributed by atoms with Crippen molar-refractivity contribution in [2.75, 3.05) is 0 Å². The van der Waals surface area contributed by atoms with Crippen LogP contribution in [0.5, 0.6) is 0 Å². The van der Waals surface area contributed by atoms with Crippen LogP contribution in [0.4, 0.5) is 0 Å². The highest BCUT2D eigenvalue weighted by atomic mass is 16.3. The molecule has 2 aliphatic rings. The van der Waals surface area contributed by atoms with Crippen LogP contribution in [0, 0.1) is 23.7 Å². The van der Waals surface area contributed by atoms with E-state index in [-0.39, 0.29) is 12.2 Å². The quantitative estimate of drug-likeness (QED) is 0.721. The molecule has 2 atom stereocenters. The van der Waals surface area contributed by atoms with Crippen molar-refractivity contribution in [3.63, 3.8) is 0 Å². The molecule has 0 aromatic heterocycles. The molecule has 2 saturated carbocycles. The minimum atomic E-state index is -0.0922. The Bertz CT molecular complexity index is 209. The van der Waals surface area contributed by atoms with Crippen molar-refractivity contribution >= 4 is 0 Å². The van der Waals surface area contributed by atoms with Crippen LogP contribution in [0.15, 0.2) is 0 Å². The van der Waals surface area contributed by atoms with Gasteiger partial charge in [-0.1, -0.05) is 13.8 Å². The van der Waals surface area contributed by atoms with Gasteiger partial charge in [-0.25, -0.2) is 0 Å². The first-order chi connectivity index (χ1) is 7.58. The number of rotatable bonds is 1. The molecule has 2 heteroatoms. The SMILES string of the molecule is CC1CC(C2CCC(O)CC2)CC(C)C1O. The van der Waals surface area contributed by atoms with Crippen LogP contribution in [0.2, 0.25) is 0 Å². The van der Waals surface area contributed by atoms with E-state index in [0.717, 1.165) is 24.7 Å². The Morgan fingerprint density at radius 3 is 1.75 bits per heavy atom. The summed E-state index contributed by atoms with van der Waals surface area (Å²) in [5.74, 6) is 2.52. The van der Waals surface area contributed by atoms with Crippen LogP contribution in [0.3, 0.4) is 0 Å². The van der Waals surface area contributed by atoms with Crippen molar-refractivity contribution in [1.82, 2.24) is 0 Å². The summed E-state index contributed by atoms with van der Waals surface area (Å²) in [6, 6.07) is 0. The Labute approximate surface area is 99.1 Å². The van der Waals surface area contributed by atoms with Gasteiger partial charge in [0.15, 0.2) is 0 Å². The molecule has 0 aromatic carbocycles. The molecule has 0 aliphatic heterocycles. The molecular weight excluding hydrogens is 200 g/mol. The standard InChI is InChI=1S/C14H26O2/c1-9-7-12(8-10(2)14(9)16)11-3-5-13(15)6-4-11/h9-16H,3-8H2,1-2H3. The fraction of sp³-hybridized carbons (Fsp3) is 1.00. The predicted molar refractivity (Wildman–Crippen MR) is 65.0 cm³/mol. The van der Waals surface area contributed by atoms with E-state index in [9.17, 15) is 10.2 Å². The lowest BCUT2D eigenvalue weighted by Gasteiger charge is -2.41. The average molecular weight is 226 g/mol. The molecule has 0 radical (unpaired) electrons. The number of hydrogen-bond acceptors (Lipinski definition) is 2. The Balaban J connectivity index is 1.90. The minimum Gasteiger partial charge on any atom is -0.393 e. The molecule has 2 nitrogen and oxygen atoms in total. The van der Waals surface area contributed by atoms with E-state index in [0.29, 0.717) is 11.8 Å². The largest absolute Gasteiger partial charge is 0.393 e. The van der Waals surface area contributed by atoms with Crippen molar-refractivity contribution in [2.24, 2.45) is 23.7 Å². The van der Waals surface area contributed by atoms with Gasteiger partial charge in [-0.3, -0.25) is 0 Å². The zero-order valence-corrected chi connectivity index (χ0v) is 10.6. The summed E-state index contributed by atoms with van der Waals surface area (Å²) >= 11 is 0. The van der Waals surface area contributed by atoms with E-state index in [2.05, 4.69) is 13.8 Å². The molecule has 2 aliphatic carbocycles. The van der Waals surface area contributed by atoms with Gasteiger partial charge < -0.3 is 10.2 Å². The van der Waals surface area contributed by atoms with Gasteiger partial charge in [0, 0.05) is 0 Å². The van der Waals surface area contributed by atoms with Gasteiger partial charge in [0.25, 0.3) is 0 Å². The molecule has 0 aromatic rings. The average Bonchev–Trinajstić information content (AvgIpc) is 2.26. The summed E-state index contributed by atoms with van der Waals surface area (Å²) in [4.78, 5) is 0. The normalized spacial score (nSPS) is 50.2. The van der Waals surface area contributed by atoms with Crippen molar-refractivity contribution in [1.29, 1.82) is 0 Å². The molecular formula is C14H26O2. The second-order valence-corrected chi connectivity index (χ2v) is 6.25. The monoisotopic (exact) mass is 226 g/mol. The lowest BCUT2D eigenvalue weighted by atomic mass is 9.66. The Kier molecular flexibility index (Phi) is 3.91. The first-order valence-corrected chi connectivity index (χ1v) is 6.94. The molecule has 0 saturated heterocycles. The summed E-state index contributed by atoms with van der Waals surface area (Å²) in [6.07, 6.45) is 6.62. The minimum absolute atomic E-state index is 0.0414. The van der Waals surface area contributed by atoms with Crippen molar-refractivity contribution in [2.45, 2.75) is 64.6 Å². The Hall–Kier alpha value is -0.0800. The lowest BCUT2D eigenvalue weighted by molar-refractivity contribution is -0.0131. The van der Waals surface area contributed by atoms with Gasteiger partial charge in [0.1, 0.15) is 0 Å². The van der Waals surface area contributed by atoms with Gasteiger partial charge in [0.05, 0.1) is 12.2 Å². The molecule has 2 rings (SSSR count). The predicted octanol–water partition coefficient (Wildman–Crippen LogP) is 2.58. The third-order valence-electron chi connectivity index (χ3n) is 4.92. The van der Waals surface area contributed by atoms with Gasteiger partial charge in [-0.15, -0.1) is 0 Å². The summed E-state index contributed by atoms with van der Waals surface area (Å²) in [6.45, 7) is 4.37. The van der Waals surface area contributed by atoms with Crippen LogP contribution in [-0.4, -0.2) is 22.4 Å². The first kappa shape index (κ1) is 12.4. The summed E-state index contributed by atoms with van der Waals surface area (Å²) in [7, 11) is 0. The third-order valence-corrected chi connectivity index (χ3v) is 4.92. The number of hydrogen-bond donors (Lipinski definition) is 2. The topological polar surface area (TPSA) is 40.5 Å². The third kappa shape index (κ3) is 2.60. The van der Waals surface area contributed by atoms with E-state index in [1.165, 1.54) is 25.7 Å². The summed E-state index contributed by atoms with van der Waals surface area (Å²) < 4.78 is 0. The molecule has 2 unspecified atom stereocenters. The molecule has 0 spiro atoms. The highest BCUT2D eigenvalue weighted by molar-refractivity contribution is 4.87. The van der Waals surface area contributed by atoms with Crippen LogP contribution in [-0.2, 0) is 0 Å². The van der Waals surface area contributed by atoms with Crippen LogP contribution in [0.1, 0.15) is 52.4 Å². The van der Waals surface area contributed by atoms with E-state index in [1.54, 1.807) is 0 Å². The molecule has 0 heterocycles. The molecule has 16 heavy (non-hydrogen) atoms. The van der Waals surface area contributed by atoms with E-state index >= 15 is 0 Å². The van der Waals surface area contributed by atoms with Crippen LogP contribution >= 0.6 is 0 Å². The zero-order chi connectivity index (χ0) is 11.7. The number of aliphatic hydroxyl groups is 2. The number of aliphatic hydroxyl groups excluding tert-OH is 2. The second-order valence-electron chi connectivity index (χ2n) is 6.25.